The topological polar surface area (TPSA) is 118 Å². The average molecular weight is 393 g/mol. The van der Waals surface area contributed by atoms with Gasteiger partial charge in [-0.1, -0.05) is 6.07 Å². The summed E-state index contributed by atoms with van der Waals surface area (Å²) < 4.78 is 12.4. The number of likely N-dealkylation sites (tertiary alicyclic amines) is 1. The summed E-state index contributed by atoms with van der Waals surface area (Å²) in [4.78, 5) is 18.6. The number of anilines is 1. The monoisotopic (exact) mass is 393 g/mol. The van der Waals surface area contributed by atoms with Crippen LogP contribution < -0.4 is 14.8 Å². The summed E-state index contributed by atoms with van der Waals surface area (Å²) >= 11 is 0. The third kappa shape index (κ3) is 3.50. The summed E-state index contributed by atoms with van der Waals surface area (Å²) in [5.41, 5.74) is 2.10. The number of imidazole rings is 1. The standard InChI is InChI=1S/C19H19N7O3/c1-28-17-8-13(19(29-2)24-23-17)14-4-3-5-16-21-15(10-26(14)16)22-18(27)12-6-7-25(9-12)11-20/h3-5,8,10,12H,6-7,9H2,1-2H3,(H,22,27). The molecule has 4 rings (SSSR count). The van der Waals surface area contributed by atoms with Crippen molar-refractivity contribution in [3.8, 4) is 29.2 Å². The van der Waals surface area contributed by atoms with Gasteiger partial charge in [0.15, 0.2) is 12.0 Å². The fourth-order valence-electron chi connectivity index (χ4n) is 3.38. The van der Waals surface area contributed by atoms with Crippen LogP contribution in [-0.2, 0) is 4.79 Å². The van der Waals surface area contributed by atoms with Crippen LogP contribution in [0.15, 0.2) is 30.5 Å². The zero-order valence-electron chi connectivity index (χ0n) is 16.0. The Balaban J connectivity index is 1.66. The molecule has 0 radical (unpaired) electrons. The van der Waals surface area contributed by atoms with Crippen molar-refractivity contribution in [2.45, 2.75) is 6.42 Å². The number of nitrogens with zero attached hydrogens (tertiary/aromatic N) is 6. The predicted octanol–water partition coefficient (Wildman–Crippen LogP) is 1.55. The van der Waals surface area contributed by atoms with Crippen molar-refractivity contribution in [2.24, 2.45) is 5.92 Å². The number of carbonyl (C=O) groups is 1. The van der Waals surface area contributed by atoms with E-state index in [9.17, 15) is 4.79 Å². The van der Waals surface area contributed by atoms with Crippen molar-refractivity contribution in [1.29, 1.82) is 5.26 Å². The first-order chi connectivity index (χ1) is 14.1. The number of nitriles is 1. The lowest BCUT2D eigenvalue weighted by Crippen LogP contribution is -2.25. The Morgan fingerprint density at radius 3 is 2.90 bits per heavy atom. The van der Waals surface area contributed by atoms with Gasteiger partial charge in [0.2, 0.25) is 17.7 Å². The third-order valence-electron chi connectivity index (χ3n) is 4.86. The highest BCUT2D eigenvalue weighted by Gasteiger charge is 2.28. The molecular formula is C19H19N7O3. The fourth-order valence-corrected chi connectivity index (χ4v) is 3.38. The minimum atomic E-state index is -0.229. The van der Waals surface area contributed by atoms with Gasteiger partial charge in [0, 0.05) is 19.2 Å². The second-order valence-corrected chi connectivity index (χ2v) is 6.60. The van der Waals surface area contributed by atoms with Crippen molar-refractivity contribution >= 4 is 17.4 Å². The Hall–Kier alpha value is -3.87. The maximum atomic E-state index is 12.5. The minimum absolute atomic E-state index is 0.141. The van der Waals surface area contributed by atoms with Crippen molar-refractivity contribution < 1.29 is 14.3 Å². The van der Waals surface area contributed by atoms with E-state index >= 15 is 0 Å². The summed E-state index contributed by atoms with van der Waals surface area (Å²) in [5, 5.41) is 19.8. The van der Waals surface area contributed by atoms with Crippen LogP contribution in [0, 0.1) is 17.4 Å². The highest BCUT2D eigenvalue weighted by atomic mass is 16.5. The van der Waals surface area contributed by atoms with Crippen molar-refractivity contribution in [3.63, 3.8) is 0 Å². The molecule has 1 fully saturated rings. The van der Waals surface area contributed by atoms with Gasteiger partial charge in [-0.2, -0.15) is 5.26 Å². The Labute approximate surface area is 166 Å². The van der Waals surface area contributed by atoms with Crippen LogP contribution in [0.2, 0.25) is 0 Å². The molecule has 1 saturated heterocycles. The highest BCUT2D eigenvalue weighted by Crippen LogP contribution is 2.31. The van der Waals surface area contributed by atoms with Crippen molar-refractivity contribution in [3.05, 3.63) is 30.5 Å². The van der Waals surface area contributed by atoms with E-state index in [1.54, 1.807) is 17.2 Å². The zero-order chi connectivity index (χ0) is 20.4. The molecule has 3 aromatic heterocycles. The van der Waals surface area contributed by atoms with E-state index in [0.29, 0.717) is 48.3 Å². The van der Waals surface area contributed by atoms with E-state index in [0.717, 1.165) is 5.69 Å². The molecule has 0 saturated carbocycles. The average Bonchev–Trinajstić information content (AvgIpc) is 3.39. The first-order valence-corrected chi connectivity index (χ1v) is 9.02. The third-order valence-corrected chi connectivity index (χ3v) is 4.86. The van der Waals surface area contributed by atoms with E-state index in [4.69, 9.17) is 14.7 Å². The molecule has 1 aliphatic heterocycles. The van der Waals surface area contributed by atoms with Gasteiger partial charge in [-0.3, -0.25) is 9.20 Å². The number of ether oxygens (including phenoxy) is 2. The fraction of sp³-hybridized carbons (Fsp3) is 0.316. The number of fused-ring (bicyclic) bond motifs is 1. The van der Waals surface area contributed by atoms with Gasteiger partial charge in [-0.15, -0.1) is 10.2 Å². The van der Waals surface area contributed by atoms with Gasteiger partial charge >= 0.3 is 0 Å². The van der Waals surface area contributed by atoms with E-state index in [2.05, 4.69) is 26.7 Å². The molecular weight excluding hydrogens is 374 g/mol. The lowest BCUT2D eigenvalue weighted by molar-refractivity contribution is -0.119. The van der Waals surface area contributed by atoms with E-state index in [-0.39, 0.29) is 11.8 Å². The smallest absolute Gasteiger partial charge is 0.242 e. The number of carbonyl (C=O) groups excluding carboxylic acids is 1. The number of hydrogen-bond donors (Lipinski definition) is 1. The first kappa shape index (κ1) is 18.5. The molecule has 10 heteroatoms. The lowest BCUT2D eigenvalue weighted by atomic mass is 10.1. The quantitative estimate of drug-likeness (QED) is 0.649. The number of amides is 1. The number of pyridine rings is 1. The van der Waals surface area contributed by atoms with Crippen molar-refractivity contribution in [1.82, 2.24) is 24.5 Å². The van der Waals surface area contributed by atoms with Gasteiger partial charge < -0.3 is 19.7 Å². The second-order valence-electron chi connectivity index (χ2n) is 6.60. The highest BCUT2D eigenvalue weighted by molar-refractivity contribution is 5.92. The maximum absolute atomic E-state index is 12.5. The molecule has 1 atom stereocenters. The zero-order valence-corrected chi connectivity index (χ0v) is 16.0. The van der Waals surface area contributed by atoms with Crippen LogP contribution in [0.1, 0.15) is 6.42 Å². The molecule has 0 aromatic carbocycles. The lowest BCUT2D eigenvalue weighted by Gasteiger charge is -2.10. The molecule has 0 bridgehead atoms. The van der Waals surface area contributed by atoms with Crippen LogP contribution in [-0.4, -0.2) is 57.7 Å². The van der Waals surface area contributed by atoms with Gasteiger partial charge in [0.05, 0.1) is 37.6 Å². The van der Waals surface area contributed by atoms with Crippen LogP contribution in [0.4, 0.5) is 5.82 Å². The van der Waals surface area contributed by atoms with E-state index in [1.807, 2.05) is 22.6 Å². The molecule has 0 aliphatic carbocycles. The number of nitrogens with one attached hydrogen (secondary N) is 1. The normalized spacial score (nSPS) is 15.9. The summed E-state index contributed by atoms with van der Waals surface area (Å²) in [6, 6.07) is 7.32. The summed E-state index contributed by atoms with van der Waals surface area (Å²) in [6.07, 6.45) is 4.47. The molecule has 0 spiro atoms. The van der Waals surface area contributed by atoms with Gasteiger partial charge in [-0.05, 0) is 18.6 Å². The number of methoxy groups -OCH3 is 2. The summed E-state index contributed by atoms with van der Waals surface area (Å²) in [6.45, 7) is 1.03. The van der Waals surface area contributed by atoms with Crippen LogP contribution in [0.3, 0.4) is 0 Å². The number of rotatable bonds is 5. The molecule has 1 unspecified atom stereocenters. The van der Waals surface area contributed by atoms with Gasteiger partial charge in [0.25, 0.3) is 0 Å². The number of aromatic nitrogens is 4. The Kier molecular flexibility index (Phi) is 4.87. The molecule has 29 heavy (non-hydrogen) atoms. The minimum Gasteiger partial charge on any atom is -0.480 e. The number of hydrogen-bond acceptors (Lipinski definition) is 8. The molecule has 1 N–H and O–H groups in total. The Morgan fingerprint density at radius 1 is 1.31 bits per heavy atom. The van der Waals surface area contributed by atoms with E-state index in [1.165, 1.54) is 14.2 Å². The molecule has 1 amide bonds. The molecule has 3 aromatic rings. The SMILES string of the molecule is COc1cc(-c2cccc3nc(NC(=O)C4CCN(C#N)C4)cn23)c(OC)nn1. The van der Waals surface area contributed by atoms with E-state index < -0.39 is 0 Å². The van der Waals surface area contributed by atoms with Crippen molar-refractivity contribution in [2.75, 3.05) is 32.6 Å². The van der Waals surface area contributed by atoms with Crippen LogP contribution >= 0.6 is 0 Å². The summed E-state index contributed by atoms with van der Waals surface area (Å²) in [7, 11) is 3.04. The van der Waals surface area contributed by atoms with Gasteiger partial charge in [0.1, 0.15) is 5.65 Å². The molecule has 4 heterocycles. The van der Waals surface area contributed by atoms with Gasteiger partial charge in [-0.25, -0.2) is 4.98 Å². The second kappa shape index (κ2) is 7.63. The predicted molar refractivity (Wildman–Crippen MR) is 103 cm³/mol. The Morgan fingerprint density at radius 2 is 2.17 bits per heavy atom. The molecule has 1 aliphatic rings. The Bertz CT molecular complexity index is 1100. The first-order valence-electron chi connectivity index (χ1n) is 9.02. The summed E-state index contributed by atoms with van der Waals surface area (Å²) in [5.74, 6) is 0.769. The molecule has 10 nitrogen and oxygen atoms in total. The maximum Gasteiger partial charge on any atom is 0.242 e. The molecule has 148 valence electrons. The largest absolute Gasteiger partial charge is 0.480 e. The van der Waals surface area contributed by atoms with Crippen LogP contribution in [0.5, 0.6) is 11.8 Å². The van der Waals surface area contributed by atoms with Crippen LogP contribution in [0.25, 0.3) is 16.9 Å².